The standard InChI is InChI=1S/C9H17F2NO2/c10-9(11)14-8-3-1-4-12(7-8)5-2-6-13/h8-9,13H,1-7H2. The molecule has 1 N–H and O–H groups in total. The van der Waals surface area contributed by atoms with Gasteiger partial charge in [-0.15, -0.1) is 0 Å². The lowest BCUT2D eigenvalue weighted by Crippen LogP contribution is -2.40. The number of piperidine rings is 1. The van der Waals surface area contributed by atoms with E-state index in [9.17, 15) is 8.78 Å². The van der Waals surface area contributed by atoms with Crippen LogP contribution in [0.5, 0.6) is 0 Å². The first-order chi connectivity index (χ1) is 6.72. The Morgan fingerprint density at radius 2 is 2.29 bits per heavy atom. The molecule has 1 unspecified atom stereocenters. The molecule has 0 aromatic heterocycles. The fourth-order valence-corrected chi connectivity index (χ4v) is 1.77. The summed E-state index contributed by atoms with van der Waals surface area (Å²) < 4.78 is 28.3. The van der Waals surface area contributed by atoms with Crippen molar-refractivity contribution in [1.82, 2.24) is 4.90 Å². The quantitative estimate of drug-likeness (QED) is 0.735. The molecule has 1 saturated heterocycles. The lowest BCUT2D eigenvalue weighted by molar-refractivity contribution is -0.174. The molecule has 1 aliphatic rings. The maximum atomic E-state index is 11.9. The van der Waals surface area contributed by atoms with Gasteiger partial charge in [0.1, 0.15) is 0 Å². The Morgan fingerprint density at radius 1 is 1.50 bits per heavy atom. The maximum absolute atomic E-state index is 11.9. The van der Waals surface area contributed by atoms with Crippen LogP contribution in [0.4, 0.5) is 8.78 Å². The fourth-order valence-electron chi connectivity index (χ4n) is 1.77. The predicted molar refractivity (Wildman–Crippen MR) is 48.3 cm³/mol. The number of alkyl halides is 2. The Morgan fingerprint density at radius 3 is 2.93 bits per heavy atom. The number of ether oxygens (including phenoxy) is 1. The third kappa shape index (κ3) is 4.30. The largest absolute Gasteiger partial charge is 0.396 e. The van der Waals surface area contributed by atoms with Gasteiger partial charge in [0.05, 0.1) is 6.10 Å². The molecule has 3 nitrogen and oxygen atoms in total. The van der Waals surface area contributed by atoms with Gasteiger partial charge in [-0.3, -0.25) is 0 Å². The smallest absolute Gasteiger partial charge is 0.345 e. The van der Waals surface area contributed by atoms with Gasteiger partial charge in [-0.05, 0) is 25.8 Å². The fraction of sp³-hybridized carbons (Fsp3) is 1.00. The van der Waals surface area contributed by atoms with E-state index in [-0.39, 0.29) is 12.7 Å². The van der Waals surface area contributed by atoms with Crippen molar-refractivity contribution in [3.8, 4) is 0 Å². The second-order valence-corrected chi connectivity index (χ2v) is 3.54. The summed E-state index contributed by atoms with van der Waals surface area (Å²) in [5.41, 5.74) is 0. The van der Waals surface area contributed by atoms with Gasteiger partial charge in [0.2, 0.25) is 0 Å². The molecule has 0 bridgehead atoms. The summed E-state index contributed by atoms with van der Waals surface area (Å²) in [6.45, 7) is -0.276. The second kappa shape index (κ2) is 6.27. The molecule has 5 heteroatoms. The van der Waals surface area contributed by atoms with Crippen molar-refractivity contribution in [2.24, 2.45) is 0 Å². The van der Waals surface area contributed by atoms with Crippen LogP contribution in [0.25, 0.3) is 0 Å². The monoisotopic (exact) mass is 209 g/mol. The number of hydrogen-bond donors (Lipinski definition) is 1. The molecule has 0 aromatic rings. The number of aliphatic hydroxyl groups is 1. The van der Waals surface area contributed by atoms with Gasteiger partial charge in [-0.25, -0.2) is 0 Å². The average Bonchev–Trinajstić information content (AvgIpc) is 2.14. The highest BCUT2D eigenvalue weighted by atomic mass is 19.3. The molecule has 1 atom stereocenters. The van der Waals surface area contributed by atoms with Crippen molar-refractivity contribution in [2.45, 2.75) is 32.0 Å². The number of hydrogen-bond acceptors (Lipinski definition) is 3. The van der Waals surface area contributed by atoms with Gasteiger partial charge < -0.3 is 14.7 Å². The number of rotatable bonds is 5. The first-order valence-electron chi connectivity index (χ1n) is 4.99. The summed E-state index contributed by atoms with van der Waals surface area (Å²) >= 11 is 0. The molecule has 0 spiro atoms. The van der Waals surface area contributed by atoms with Crippen molar-refractivity contribution in [3.05, 3.63) is 0 Å². The molecule has 84 valence electrons. The highest BCUT2D eigenvalue weighted by Gasteiger charge is 2.22. The lowest BCUT2D eigenvalue weighted by Gasteiger charge is -2.32. The van der Waals surface area contributed by atoms with E-state index >= 15 is 0 Å². The summed E-state index contributed by atoms with van der Waals surface area (Å²) in [5, 5.41) is 8.63. The van der Waals surface area contributed by atoms with Gasteiger partial charge in [0.25, 0.3) is 0 Å². The minimum Gasteiger partial charge on any atom is -0.396 e. The van der Waals surface area contributed by atoms with Crippen LogP contribution in [0.15, 0.2) is 0 Å². The maximum Gasteiger partial charge on any atom is 0.345 e. The average molecular weight is 209 g/mol. The molecule has 0 radical (unpaired) electrons. The zero-order valence-electron chi connectivity index (χ0n) is 8.16. The summed E-state index contributed by atoms with van der Waals surface area (Å²) in [4.78, 5) is 2.06. The van der Waals surface area contributed by atoms with Gasteiger partial charge in [-0.2, -0.15) is 8.78 Å². The van der Waals surface area contributed by atoms with Crippen LogP contribution < -0.4 is 0 Å². The Labute approximate surface area is 82.7 Å². The molecule has 0 aliphatic carbocycles. The van der Waals surface area contributed by atoms with Crippen LogP contribution in [0.2, 0.25) is 0 Å². The molecule has 0 aromatic carbocycles. The van der Waals surface area contributed by atoms with Gasteiger partial charge in [0.15, 0.2) is 0 Å². The number of nitrogens with zero attached hydrogens (tertiary/aromatic N) is 1. The van der Waals surface area contributed by atoms with E-state index in [0.717, 1.165) is 19.5 Å². The Hall–Kier alpha value is -0.260. The van der Waals surface area contributed by atoms with Gasteiger partial charge in [-0.1, -0.05) is 0 Å². The topological polar surface area (TPSA) is 32.7 Å². The lowest BCUT2D eigenvalue weighted by atomic mass is 10.1. The highest BCUT2D eigenvalue weighted by molar-refractivity contribution is 4.72. The van der Waals surface area contributed by atoms with Crippen molar-refractivity contribution >= 4 is 0 Å². The van der Waals surface area contributed by atoms with E-state index in [1.165, 1.54) is 0 Å². The summed E-state index contributed by atoms with van der Waals surface area (Å²) in [6.07, 6.45) is 1.95. The summed E-state index contributed by atoms with van der Waals surface area (Å²) in [6, 6.07) is 0. The molecular formula is C9H17F2NO2. The van der Waals surface area contributed by atoms with E-state index in [2.05, 4.69) is 9.64 Å². The Bertz CT molecular complexity index is 158. The molecule has 1 rings (SSSR count). The van der Waals surface area contributed by atoms with Crippen LogP contribution in [-0.4, -0.2) is 49.0 Å². The minimum absolute atomic E-state index is 0.150. The molecule has 1 aliphatic heterocycles. The third-order valence-electron chi connectivity index (χ3n) is 2.39. The van der Waals surface area contributed by atoms with Crippen LogP contribution in [0.1, 0.15) is 19.3 Å². The minimum atomic E-state index is -2.67. The van der Waals surface area contributed by atoms with E-state index < -0.39 is 6.61 Å². The van der Waals surface area contributed by atoms with Crippen LogP contribution in [0, 0.1) is 0 Å². The van der Waals surface area contributed by atoms with Crippen LogP contribution >= 0.6 is 0 Å². The molecule has 0 amide bonds. The Balaban J connectivity index is 2.21. The van der Waals surface area contributed by atoms with E-state index in [4.69, 9.17) is 5.11 Å². The first kappa shape index (κ1) is 11.8. The number of likely N-dealkylation sites (tertiary alicyclic amines) is 1. The Kier molecular flexibility index (Phi) is 5.29. The second-order valence-electron chi connectivity index (χ2n) is 3.54. The van der Waals surface area contributed by atoms with Crippen molar-refractivity contribution in [1.29, 1.82) is 0 Å². The normalized spacial score (nSPS) is 24.4. The highest BCUT2D eigenvalue weighted by Crippen LogP contribution is 2.15. The number of halogens is 2. The van der Waals surface area contributed by atoms with E-state index in [0.29, 0.717) is 19.4 Å². The third-order valence-corrected chi connectivity index (χ3v) is 2.39. The molecule has 1 heterocycles. The number of aliphatic hydroxyl groups excluding tert-OH is 1. The van der Waals surface area contributed by atoms with E-state index in [1.54, 1.807) is 0 Å². The van der Waals surface area contributed by atoms with Gasteiger partial charge >= 0.3 is 6.61 Å². The van der Waals surface area contributed by atoms with Crippen molar-refractivity contribution in [3.63, 3.8) is 0 Å². The SMILES string of the molecule is OCCCN1CCCC(OC(F)F)C1. The predicted octanol–water partition coefficient (Wildman–Crippen LogP) is 1.07. The molecule has 14 heavy (non-hydrogen) atoms. The van der Waals surface area contributed by atoms with Crippen LogP contribution in [0.3, 0.4) is 0 Å². The molecule has 0 saturated carbocycles. The van der Waals surface area contributed by atoms with Crippen LogP contribution in [-0.2, 0) is 4.74 Å². The van der Waals surface area contributed by atoms with Crippen molar-refractivity contribution in [2.75, 3.05) is 26.2 Å². The zero-order chi connectivity index (χ0) is 10.4. The first-order valence-corrected chi connectivity index (χ1v) is 4.99. The zero-order valence-corrected chi connectivity index (χ0v) is 8.16. The summed E-state index contributed by atoms with van der Waals surface area (Å²) in [5.74, 6) is 0. The van der Waals surface area contributed by atoms with Crippen molar-refractivity contribution < 1.29 is 18.6 Å². The van der Waals surface area contributed by atoms with E-state index in [1.807, 2.05) is 0 Å². The molecular weight excluding hydrogens is 192 g/mol. The molecule has 1 fully saturated rings. The van der Waals surface area contributed by atoms with Gasteiger partial charge in [0, 0.05) is 19.7 Å². The summed E-state index contributed by atoms with van der Waals surface area (Å²) in [7, 11) is 0.